The van der Waals surface area contributed by atoms with E-state index in [4.69, 9.17) is 4.74 Å². The molecule has 0 aromatic heterocycles. The second-order valence-corrected chi connectivity index (χ2v) is 3.38. The van der Waals surface area contributed by atoms with Crippen LogP contribution < -0.4 is 10.6 Å². The molecule has 1 aliphatic heterocycles. The standard InChI is InChI=1S/C11H12N2O3/c1-2-16-11(15)7-3-4-8-9(5-7)12-6-10(14)13-8/h3-5,12H,2,6H2,1H3,(H,13,14). The van der Waals surface area contributed by atoms with Crippen LogP contribution in [-0.4, -0.2) is 25.0 Å². The Bertz CT molecular complexity index is 443. The Morgan fingerprint density at radius 3 is 3.00 bits per heavy atom. The van der Waals surface area contributed by atoms with Crippen molar-refractivity contribution < 1.29 is 14.3 Å². The van der Waals surface area contributed by atoms with Gasteiger partial charge in [0, 0.05) is 0 Å². The zero-order valence-corrected chi connectivity index (χ0v) is 8.87. The second kappa shape index (κ2) is 4.22. The highest BCUT2D eigenvalue weighted by Gasteiger charge is 2.16. The van der Waals surface area contributed by atoms with Gasteiger partial charge in [-0.25, -0.2) is 4.79 Å². The first-order valence-electron chi connectivity index (χ1n) is 5.05. The fourth-order valence-corrected chi connectivity index (χ4v) is 1.51. The van der Waals surface area contributed by atoms with E-state index in [0.717, 1.165) is 5.69 Å². The van der Waals surface area contributed by atoms with Gasteiger partial charge in [-0.3, -0.25) is 4.79 Å². The van der Waals surface area contributed by atoms with Crippen LogP contribution in [0.3, 0.4) is 0 Å². The van der Waals surface area contributed by atoms with E-state index >= 15 is 0 Å². The molecule has 0 spiro atoms. The van der Waals surface area contributed by atoms with E-state index in [9.17, 15) is 9.59 Å². The lowest BCUT2D eigenvalue weighted by Gasteiger charge is -2.18. The molecule has 0 saturated carbocycles. The zero-order valence-electron chi connectivity index (χ0n) is 8.87. The van der Waals surface area contributed by atoms with Gasteiger partial charge in [0.1, 0.15) is 0 Å². The summed E-state index contributed by atoms with van der Waals surface area (Å²) in [6, 6.07) is 4.99. The van der Waals surface area contributed by atoms with Gasteiger partial charge in [0.25, 0.3) is 0 Å². The predicted molar refractivity (Wildman–Crippen MR) is 59.5 cm³/mol. The molecule has 0 unspecified atom stereocenters. The van der Waals surface area contributed by atoms with Crippen molar-refractivity contribution in [2.45, 2.75) is 6.92 Å². The highest BCUT2D eigenvalue weighted by Crippen LogP contribution is 2.25. The summed E-state index contributed by atoms with van der Waals surface area (Å²) in [5.74, 6) is -0.444. The van der Waals surface area contributed by atoms with Gasteiger partial charge in [-0.2, -0.15) is 0 Å². The molecule has 2 N–H and O–H groups in total. The minimum absolute atomic E-state index is 0.0867. The summed E-state index contributed by atoms with van der Waals surface area (Å²) in [5.41, 5.74) is 1.90. The largest absolute Gasteiger partial charge is 0.462 e. The highest BCUT2D eigenvalue weighted by molar-refractivity contribution is 6.02. The fraction of sp³-hybridized carbons (Fsp3) is 0.273. The van der Waals surface area contributed by atoms with Crippen LogP contribution in [0, 0.1) is 0 Å². The van der Waals surface area contributed by atoms with Crippen LogP contribution >= 0.6 is 0 Å². The summed E-state index contributed by atoms with van der Waals surface area (Å²) in [7, 11) is 0. The van der Waals surface area contributed by atoms with E-state index in [-0.39, 0.29) is 18.4 Å². The number of anilines is 2. The van der Waals surface area contributed by atoms with Crippen molar-refractivity contribution in [3.05, 3.63) is 23.8 Å². The van der Waals surface area contributed by atoms with Crippen molar-refractivity contribution >= 4 is 23.3 Å². The highest BCUT2D eigenvalue weighted by atomic mass is 16.5. The van der Waals surface area contributed by atoms with Gasteiger partial charge in [0.05, 0.1) is 30.1 Å². The number of amides is 1. The monoisotopic (exact) mass is 220 g/mol. The Hall–Kier alpha value is -2.04. The Morgan fingerprint density at radius 1 is 1.44 bits per heavy atom. The molecule has 1 aliphatic rings. The molecule has 16 heavy (non-hydrogen) atoms. The first-order valence-corrected chi connectivity index (χ1v) is 5.05. The minimum Gasteiger partial charge on any atom is -0.462 e. The molecule has 5 nitrogen and oxygen atoms in total. The van der Waals surface area contributed by atoms with Crippen molar-refractivity contribution in [3.63, 3.8) is 0 Å². The van der Waals surface area contributed by atoms with Crippen molar-refractivity contribution in [2.24, 2.45) is 0 Å². The molecule has 2 rings (SSSR count). The Morgan fingerprint density at radius 2 is 2.25 bits per heavy atom. The molecular weight excluding hydrogens is 208 g/mol. The Balaban J connectivity index is 2.26. The normalized spacial score (nSPS) is 13.4. The average Bonchev–Trinajstić information content (AvgIpc) is 2.28. The average molecular weight is 220 g/mol. The van der Waals surface area contributed by atoms with Gasteiger partial charge in [0.2, 0.25) is 5.91 Å². The molecule has 0 bridgehead atoms. The number of carbonyl (C=O) groups is 2. The third-order valence-corrected chi connectivity index (χ3v) is 2.24. The molecule has 0 saturated heterocycles. The molecule has 84 valence electrons. The molecule has 0 fully saturated rings. The van der Waals surface area contributed by atoms with Crippen LogP contribution in [-0.2, 0) is 9.53 Å². The zero-order chi connectivity index (χ0) is 11.5. The lowest BCUT2D eigenvalue weighted by atomic mass is 10.1. The molecule has 5 heteroatoms. The maximum atomic E-state index is 11.5. The maximum absolute atomic E-state index is 11.5. The molecule has 1 aromatic carbocycles. The van der Waals surface area contributed by atoms with E-state index < -0.39 is 0 Å². The van der Waals surface area contributed by atoms with Crippen LogP contribution in [0.2, 0.25) is 0 Å². The van der Waals surface area contributed by atoms with Crippen LogP contribution in [0.5, 0.6) is 0 Å². The number of hydrogen-bond acceptors (Lipinski definition) is 4. The molecule has 0 atom stereocenters. The molecule has 0 radical (unpaired) electrons. The summed E-state index contributed by atoms with van der Waals surface area (Å²) < 4.78 is 4.89. The van der Waals surface area contributed by atoms with Crippen molar-refractivity contribution in [2.75, 3.05) is 23.8 Å². The number of esters is 1. The summed E-state index contributed by atoms with van der Waals surface area (Å²) in [4.78, 5) is 22.5. The van der Waals surface area contributed by atoms with Gasteiger partial charge in [0.15, 0.2) is 0 Å². The van der Waals surface area contributed by atoms with Gasteiger partial charge in [-0.1, -0.05) is 0 Å². The molecule has 1 heterocycles. The summed E-state index contributed by atoms with van der Waals surface area (Å²) >= 11 is 0. The van der Waals surface area contributed by atoms with Gasteiger partial charge >= 0.3 is 5.97 Å². The third kappa shape index (κ3) is 1.98. The van der Waals surface area contributed by atoms with E-state index in [2.05, 4.69) is 10.6 Å². The summed E-state index contributed by atoms with van der Waals surface area (Å²) in [6.45, 7) is 2.33. The first kappa shape index (κ1) is 10.5. The number of ether oxygens (including phenoxy) is 1. The van der Waals surface area contributed by atoms with Crippen LogP contribution in [0.4, 0.5) is 11.4 Å². The van der Waals surface area contributed by atoms with E-state index in [1.165, 1.54) is 0 Å². The topological polar surface area (TPSA) is 67.4 Å². The molecule has 0 aliphatic carbocycles. The van der Waals surface area contributed by atoms with Crippen molar-refractivity contribution in [3.8, 4) is 0 Å². The Labute approximate surface area is 92.8 Å². The van der Waals surface area contributed by atoms with E-state index in [1.807, 2.05) is 0 Å². The quantitative estimate of drug-likeness (QED) is 0.735. The second-order valence-electron chi connectivity index (χ2n) is 3.38. The predicted octanol–water partition coefficient (Wildman–Crippen LogP) is 1.23. The smallest absolute Gasteiger partial charge is 0.338 e. The number of fused-ring (bicyclic) bond motifs is 1. The lowest BCUT2D eigenvalue weighted by Crippen LogP contribution is -2.27. The van der Waals surface area contributed by atoms with Gasteiger partial charge < -0.3 is 15.4 Å². The first-order chi connectivity index (χ1) is 7.70. The maximum Gasteiger partial charge on any atom is 0.338 e. The molecule has 1 amide bonds. The van der Waals surface area contributed by atoms with Crippen LogP contribution in [0.15, 0.2) is 18.2 Å². The van der Waals surface area contributed by atoms with Crippen LogP contribution in [0.1, 0.15) is 17.3 Å². The molecule has 1 aromatic rings. The number of rotatable bonds is 2. The van der Waals surface area contributed by atoms with Gasteiger partial charge in [-0.15, -0.1) is 0 Å². The number of nitrogens with one attached hydrogen (secondary N) is 2. The van der Waals surface area contributed by atoms with Crippen LogP contribution in [0.25, 0.3) is 0 Å². The van der Waals surface area contributed by atoms with Gasteiger partial charge in [-0.05, 0) is 25.1 Å². The van der Waals surface area contributed by atoms with E-state index in [1.54, 1.807) is 25.1 Å². The van der Waals surface area contributed by atoms with E-state index in [0.29, 0.717) is 17.9 Å². The fourth-order valence-electron chi connectivity index (χ4n) is 1.51. The minimum atomic E-state index is -0.357. The Kier molecular flexibility index (Phi) is 2.76. The summed E-state index contributed by atoms with van der Waals surface area (Å²) in [5, 5.41) is 5.63. The number of hydrogen-bond donors (Lipinski definition) is 2. The SMILES string of the molecule is CCOC(=O)c1ccc2c(c1)NCC(=O)N2. The molecular formula is C11H12N2O3. The third-order valence-electron chi connectivity index (χ3n) is 2.24. The number of benzene rings is 1. The van der Waals surface area contributed by atoms with Crippen molar-refractivity contribution in [1.82, 2.24) is 0 Å². The summed E-state index contributed by atoms with van der Waals surface area (Å²) in [6.07, 6.45) is 0. The number of carbonyl (C=O) groups excluding carboxylic acids is 2. The van der Waals surface area contributed by atoms with Crippen molar-refractivity contribution in [1.29, 1.82) is 0 Å². The lowest BCUT2D eigenvalue weighted by molar-refractivity contribution is -0.114.